The van der Waals surface area contributed by atoms with Gasteiger partial charge >= 0.3 is 5.97 Å². The van der Waals surface area contributed by atoms with Crippen molar-refractivity contribution >= 4 is 5.97 Å². The number of rotatable bonds is 5. The van der Waals surface area contributed by atoms with Crippen molar-refractivity contribution in [1.82, 2.24) is 0 Å². The Balaban J connectivity index is 1.60. The molecule has 0 saturated heterocycles. The van der Waals surface area contributed by atoms with Gasteiger partial charge in [-0.15, -0.1) is 0 Å². The molecule has 0 unspecified atom stereocenters. The summed E-state index contributed by atoms with van der Waals surface area (Å²) in [6.07, 6.45) is 13.3. The summed E-state index contributed by atoms with van der Waals surface area (Å²) in [7, 11) is 0. The van der Waals surface area contributed by atoms with Gasteiger partial charge in [-0.2, -0.15) is 0 Å². The van der Waals surface area contributed by atoms with Crippen LogP contribution in [0.2, 0.25) is 0 Å². The Morgan fingerprint density at radius 2 is 1.73 bits per heavy atom. The maximum absolute atomic E-state index is 11.1. The summed E-state index contributed by atoms with van der Waals surface area (Å²) in [5.41, 5.74) is 4.95. The fourth-order valence-corrected chi connectivity index (χ4v) is 9.48. The van der Waals surface area contributed by atoms with E-state index in [-0.39, 0.29) is 16.9 Å². The quantitative estimate of drug-likeness (QED) is 0.332. The zero-order valence-electron chi connectivity index (χ0n) is 22.3. The van der Waals surface area contributed by atoms with Gasteiger partial charge in [0.05, 0.1) is 6.10 Å². The SMILES string of the molecule is C/C(=C/CC[C@@H](C)[C@@H]1CC[C@]2(C)C3=C(CC[C@@]12C)[C@@]1(C)CC[C@@H](O)C(C)(C)[C@@H]1CC3)C(=O)O. The molecule has 4 aliphatic carbocycles. The maximum Gasteiger partial charge on any atom is 0.330 e. The first-order chi connectivity index (χ1) is 15.3. The standard InChI is InChI=1S/C30H48O3/c1-19(9-8-10-20(2)26(32)33)21-13-17-30(7)23-11-12-24-27(3,4)25(31)15-16-28(24,5)22(23)14-18-29(21,30)6/h10,19,21,24-25,31H,8-9,11-18H2,1-7H3,(H,32,33)/b20-10-/t19-,21+,24+,25-,28-,29+,30-/m1/s1. The highest BCUT2D eigenvalue weighted by molar-refractivity contribution is 5.85. The Morgan fingerprint density at radius 3 is 2.39 bits per heavy atom. The predicted octanol–water partition coefficient (Wildman–Crippen LogP) is 7.54. The Kier molecular flexibility index (Phi) is 6.25. The molecule has 2 saturated carbocycles. The summed E-state index contributed by atoms with van der Waals surface area (Å²) in [5, 5.41) is 20.0. The van der Waals surface area contributed by atoms with Crippen LogP contribution < -0.4 is 0 Å². The molecule has 0 radical (unpaired) electrons. The first-order valence-corrected chi connectivity index (χ1v) is 13.6. The molecule has 4 aliphatic rings. The average Bonchev–Trinajstić information content (AvgIpc) is 3.02. The van der Waals surface area contributed by atoms with Crippen molar-refractivity contribution in [1.29, 1.82) is 0 Å². The molecule has 0 bridgehead atoms. The smallest absolute Gasteiger partial charge is 0.330 e. The van der Waals surface area contributed by atoms with Crippen LogP contribution in [0.3, 0.4) is 0 Å². The van der Waals surface area contributed by atoms with Crippen molar-refractivity contribution in [2.45, 2.75) is 119 Å². The van der Waals surface area contributed by atoms with Crippen LogP contribution in [-0.4, -0.2) is 22.3 Å². The van der Waals surface area contributed by atoms with Gasteiger partial charge < -0.3 is 10.2 Å². The number of allylic oxidation sites excluding steroid dienone is 3. The van der Waals surface area contributed by atoms with Crippen molar-refractivity contribution in [3.05, 3.63) is 22.8 Å². The topological polar surface area (TPSA) is 57.5 Å². The molecule has 2 N–H and O–H groups in total. The van der Waals surface area contributed by atoms with Crippen LogP contribution in [0, 0.1) is 39.4 Å². The van der Waals surface area contributed by atoms with E-state index in [4.69, 9.17) is 5.11 Å². The summed E-state index contributed by atoms with van der Waals surface area (Å²) >= 11 is 0. The number of fused-ring (bicyclic) bond motifs is 4. The van der Waals surface area contributed by atoms with E-state index in [1.165, 1.54) is 38.5 Å². The lowest BCUT2D eigenvalue weighted by molar-refractivity contribution is -0.132. The van der Waals surface area contributed by atoms with Crippen LogP contribution in [0.15, 0.2) is 22.8 Å². The molecule has 33 heavy (non-hydrogen) atoms. The number of aliphatic carboxylic acids is 1. The highest BCUT2D eigenvalue weighted by Crippen LogP contribution is 2.72. The first kappa shape index (κ1) is 25.0. The minimum absolute atomic E-state index is 0.00150. The van der Waals surface area contributed by atoms with Gasteiger partial charge in [-0.25, -0.2) is 4.79 Å². The number of hydrogen-bond donors (Lipinski definition) is 2. The third kappa shape index (κ3) is 3.58. The second kappa shape index (κ2) is 8.25. The molecule has 0 aromatic heterocycles. The molecule has 0 spiro atoms. The van der Waals surface area contributed by atoms with Crippen LogP contribution in [0.4, 0.5) is 0 Å². The van der Waals surface area contributed by atoms with Gasteiger partial charge in [0.25, 0.3) is 0 Å². The second-order valence-electron chi connectivity index (χ2n) is 13.5. The summed E-state index contributed by atoms with van der Waals surface area (Å²) in [6.45, 7) is 16.5. The average molecular weight is 457 g/mol. The van der Waals surface area contributed by atoms with Gasteiger partial charge in [0.1, 0.15) is 0 Å². The largest absolute Gasteiger partial charge is 0.478 e. The van der Waals surface area contributed by atoms with Crippen molar-refractivity contribution < 1.29 is 15.0 Å². The van der Waals surface area contributed by atoms with Crippen LogP contribution in [0.1, 0.15) is 113 Å². The normalized spacial score (nSPS) is 43.5. The van der Waals surface area contributed by atoms with Gasteiger partial charge in [-0.05, 0) is 111 Å². The Morgan fingerprint density at radius 1 is 1.03 bits per heavy atom. The molecule has 3 nitrogen and oxygen atoms in total. The van der Waals surface area contributed by atoms with Gasteiger partial charge in [-0.3, -0.25) is 0 Å². The molecule has 0 aromatic carbocycles. The lowest BCUT2D eigenvalue weighted by Gasteiger charge is -2.62. The molecular weight excluding hydrogens is 408 g/mol. The van der Waals surface area contributed by atoms with E-state index in [2.05, 4.69) is 41.5 Å². The Hall–Kier alpha value is -1.09. The van der Waals surface area contributed by atoms with E-state index in [1.54, 1.807) is 18.1 Å². The molecule has 4 rings (SSSR count). The summed E-state index contributed by atoms with van der Waals surface area (Å²) in [5.74, 6) is 1.12. The van der Waals surface area contributed by atoms with Crippen LogP contribution in [0.25, 0.3) is 0 Å². The van der Waals surface area contributed by atoms with Crippen molar-refractivity contribution in [3.8, 4) is 0 Å². The van der Waals surface area contributed by atoms with Gasteiger partial charge in [0, 0.05) is 5.57 Å². The fraction of sp³-hybridized carbons (Fsp3) is 0.833. The lowest BCUT2D eigenvalue weighted by atomic mass is 9.43. The zero-order chi connectivity index (χ0) is 24.4. The summed E-state index contributed by atoms with van der Waals surface area (Å²) in [4.78, 5) is 11.1. The monoisotopic (exact) mass is 456 g/mol. The fourth-order valence-electron chi connectivity index (χ4n) is 9.48. The Labute approximate surface area is 202 Å². The van der Waals surface area contributed by atoms with E-state index in [0.717, 1.165) is 25.7 Å². The molecule has 0 aliphatic heterocycles. The highest BCUT2D eigenvalue weighted by atomic mass is 16.4. The van der Waals surface area contributed by atoms with Gasteiger partial charge in [-0.1, -0.05) is 58.8 Å². The molecular formula is C30H48O3. The Bertz CT molecular complexity index is 866. The zero-order valence-corrected chi connectivity index (χ0v) is 22.3. The van der Waals surface area contributed by atoms with E-state index >= 15 is 0 Å². The maximum atomic E-state index is 11.1. The molecule has 186 valence electrons. The van der Waals surface area contributed by atoms with Crippen LogP contribution >= 0.6 is 0 Å². The van der Waals surface area contributed by atoms with Gasteiger partial charge in [0.15, 0.2) is 0 Å². The molecule has 2 fully saturated rings. The third-order valence-corrected chi connectivity index (χ3v) is 11.9. The van der Waals surface area contributed by atoms with E-state index < -0.39 is 5.97 Å². The van der Waals surface area contributed by atoms with Crippen molar-refractivity contribution in [2.75, 3.05) is 0 Å². The number of carboxylic acids is 1. The van der Waals surface area contributed by atoms with Crippen molar-refractivity contribution in [3.63, 3.8) is 0 Å². The molecule has 0 aromatic rings. The second-order valence-corrected chi connectivity index (χ2v) is 13.5. The molecule has 0 heterocycles. The molecule has 3 heteroatoms. The highest BCUT2D eigenvalue weighted by Gasteiger charge is 2.63. The van der Waals surface area contributed by atoms with E-state index in [9.17, 15) is 9.90 Å². The number of carboxylic acid groups (broad SMARTS) is 1. The first-order valence-electron chi connectivity index (χ1n) is 13.6. The van der Waals surface area contributed by atoms with Crippen molar-refractivity contribution in [2.24, 2.45) is 39.4 Å². The number of aliphatic hydroxyl groups excluding tert-OH is 1. The predicted molar refractivity (Wildman–Crippen MR) is 135 cm³/mol. The summed E-state index contributed by atoms with van der Waals surface area (Å²) < 4.78 is 0. The molecule has 7 atom stereocenters. The van der Waals surface area contributed by atoms with E-state index in [0.29, 0.717) is 34.2 Å². The number of carbonyl (C=O) groups is 1. The summed E-state index contributed by atoms with van der Waals surface area (Å²) in [6, 6.07) is 0. The van der Waals surface area contributed by atoms with Crippen LogP contribution in [0.5, 0.6) is 0 Å². The van der Waals surface area contributed by atoms with Crippen LogP contribution in [-0.2, 0) is 4.79 Å². The minimum Gasteiger partial charge on any atom is -0.478 e. The van der Waals surface area contributed by atoms with Gasteiger partial charge in [0.2, 0.25) is 0 Å². The lowest BCUT2D eigenvalue weighted by Crippen LogP contribution is -2.55. The minimum atomic E-state index is -0.794. The number of hydrogen-bond acceptors (Lipinski definition) is 2. The van der Waals surface area contributed by atoms with E-state index in [1.807, 2.05) is 6.08 Å². The molecule has 0 amide bonds. The number of aliphatic hydroxyl groups is 1. The third-order valence-electron chi connectivity index (χ3n) is 11.9.